The second-order valence-corrected chi connectivity index (χ2v) is 5.36. The van der Waals surface area contributed by atoms with E-state index >= 15 is 0 Å². The Morgan fingerprint density at radius 1 is 1.14 bits per heavy atom. The fourth-order valence-electron chi connectivity index (χ4n) is 1.56. The molecule has 0 bridgehead atoms. The molecule has 1 atom stereocenters. The van der Waals surface area contributed by atoms with Crippen molar-refractivity contribution in [3.05, 3.63) is 35.4 Å². The van der Waals surface area contributed by atoms with E-state index in [4.69, 9.17) is 9.47 Å². The molecule has 1 rings (SSSR count). The van der Waals surface area contributed by atoms with Crippen LogP contribution in [0, 0.1) is 17.6 Å². The lowest BCUT2D eigenvalue weighted by Crippen LogP contribution is -2.26. The Bertz CT molecular complexity index is 529. The molecule has 1 aromatic rings. The Morgan fingerprint density at radius 3 is 2.41 bits per heavy atom. The van der Waals surface area contributed by atoms with Gasteiger partial charge in [-0.2, -0.15) is 0 Å². The molecule has 0 fully saturated rings. The van der Waals surface area contributed by atoms with Crippen LogP contribution in [0.1, 0.15) is 37.6 Å². The molecule has 122 valence electrons. The third-order valence-corrected chi connectivity index (χ3v) is 2.98. The Balaban J connectivity index is 2.42. The molecule has 0 N–H and O–H groups in total. The number of hydrogen-bond acceptors (Lipinski definition) is 4. The predicted molar refractivity (Wildman–Crippen MR) is 76.5 cm³/mol. The Labute approximate surface area is 128 Å². The van der Waals surface area contributed by atoms with Crippen LogP contribution in [0.2, 0.25) is 0 Å². The fraction of sp³-hybridized carbons (Fsp3) is 0.500. The van der Waals surface area contributed by atoms with Crippen molar-refractivity contribution in [2.24, 2.45) is 5.92 Å². The van der Waals surface area contributed by atoms with Crippen LogP contribution in [0.4, 0.5) is 8.78 Å². The highest BCUT2D eigenvalue weighted by atomic mass is 19.2. The van der Waals surface area contributed by atoms with Gasteiger partial charge in [0.2, 0.25) is 0 Å². The highest BCUT2D eigenvalue weighted by Gasteiger charge is 2.18. The highest BCUT2D eigenvalue weighted by Crippen LogP contribution is 2.10. The van der Waals surface area contributed by atoms with Crippen LogP contribution < -0.4 is 0 Å². The van der Waals surface area contributed by atoms with Gasteiger partial charge in [0.15, 0.2) is 30.1 Å². The first-order valence-corrected chi connectivity index (χ1v) is 7.07. The highest BCUT2D eigenvalue weighted by molar-refractivity contribution is 5.98. The van der Waals surface area contributed by atoms with Gasteiger partial charge in [0.05, 0.1) is 0 Å². The maximum absolute atomic E-state index is 13.0. The summed E-state index contributed by atoms with van der Waals surface area (Å²) < 4.78 is 35.9. The minimum absolute atomic E-state index is 0.0555. The second-order valence-electron chi connectivity index (χ2n) is 5.36. The smallest absolute Gasteiger partial charge is 0.335 e. The summed E-state index contributed by atoms with van der Waals surface area (Å²) in [6.45, 7) is 5.48. The van der Waals surface area contributed by atoms with Gasteiger partial charge in [0, 0.05) is 12.2 Å². The van der Waals surface area contributed by atoms with Gasteiger partial charge in [-0.05, 0) is 37.5 Å². The van der Waals surface area contributed by atoms with E-state index in [0.717, 1.165) is 24.6 Å². The van der Waals surface area contributed by atoms with E-state index in [1.807, 2.05) is 13.8 Å². The molecule has 0 radical (unpaired) electrons. The van der Waals surface area contributed by atoms with Crippen molar-refractivity contribution < 1.29 is 27.8 Å². The zero-order valence-corrected chi connectivity index (χ0v) is 12.9. The average molecular weight is 314 g/mol. The number of esters is 1. The van der Waals surface area contributed by atoms with E-state index < -0.39 is 36.1 Å². The van der Waals surface area contributed by atoms with Crippen molar-refractivity contribution in [3.63, 3.8) is 0 Å². The van der Waals surface area contributed by atoms with Crippen molar-refractivity contribution in [2.75, 3.05) is 13.2 Å². The second kappa shape index (κ2) is 8.58. The van der Waals surface area contributed by atoms with Crippen LogP contribution in [-0.4, -0.2) is 31.1 Å². The van der Waals surface area contributed by atoms with Crippen LogP contribution in [0.25, 0.3) is 0 Å². The lowest BCUT2D eigenvalue weighted by atomic mass is 10.1. The molecule has 0 aliphatic heterocycles. The van der Waals surface area contributed by atoms with Crippen molar-refractivity contribution in [1.82, 2.24) is 0 Å². The number of halogens is 2. The van der Waals surface area contributed by atoms with Crippen molar-refractivity contribution in [3.8, 4) is 0 Å². The van der Waals surface area contributed by atoms with Crippen LogP contribution in [0.5, 0.6) is 0 Å². The van der Waals surface area contributed by atoms with Crippen molar-refractivity contribution in [2.45, 2.75) is 33.3 Å². The number of carbonyl (C=O) groups is 2. The van der Waals surface area contributed by atoms with Gasteiger partial charge in [-0.1, -0.05) is 13.8 Å². The Kier molecular flexibility index (Phi) is 7.11. The third kappa shape index (κ3) is 5.89. The summed E-state index contributed by atoms with van der Waals surface area (Å²) in [5.74, 6) is -2.98. The summed E-state index contributed by atoms with van der Waals surface area (Å²) in [5.41, 5.74) is -0.0555. The molecule has 0 amide bonds. The first kappa shape index (κ1) is 18.2. The summed E-state index contributed by atoms with van der Waals surface area (Å²) in [7, 11) is 0. The Morgan fingerprint density at radius 2 is 1.82 bits per heavy atom. The number of Topliss-reactive ketones (excluding diaryl/α,β-unsaturated/α-hetero) is 1. The number of ether oxygens (including phenoxy) is 2. The van der Waals surface area contributed by atoms with Gasteiger partial charge >= 0.3 is 5.97 Å². The number of rotatable bonds is 8. The van der Waals surface area contributed by atoms with E-state index in [1.54, 1.807) is 0 Å². The van der Waals surface area contributed by atoms with E-state index in [9.17, 15) is 18.4 Å². The summed E-state index contributed by atoms with van der Waals surface area (Å²) in [5, 5.41) is 0. The minimum Gasteiger partial charge on any atom is -0.455 e. The van der Waals surface area contributed by atoms with Crippen LogP contribution in [0.15, 0.2) is 18.2 Å². The molecule has 22 heavy (non-hydrogen) atoms. The number of benzene rings is 1. The lowest BCUT2D eigenvalue weighted by Gasteiger charge is -2.13. The van der Waals surface area contributed by atoms with Crippen molar-refractivity contribution in [1.29, 1.82) is 0 Å². The van der Waals surface area contributed by atoms with Crippen LogP contribution >= 0.6 is 0 Å². The van der Waals surface area contributed by atoms with Crippen molar-refractivity contribution >= 4 is 11.8 Å². The number of ketones is 1. The summed E-state index contributed by atoms with van der Waals surface area (Å²) >= 11 is 0. The monoisotopic (exact) mass is 314 g/mol. The van der Waals surface area contributed by atoms with E-state index in [0.29, 0.717) is 12.5 Å². The van der Waals surface area contributed by atoms with Gasteiger partial charge < -0.3 is 9.47 Å². The topological polar surface area (TPSA) is 52.6 Å². The molecule has 0 aliphatic carbocycles. The number of carbonyl (C=O) groups excluding carboxylic acids is 2. The lowest BCUT2D eigenvalue weighted by molar-refractivity contribution is -0.155. The molecule has 0 spiro atoms. The normalized spacial score (nSPS) is 12.3. The van der Waals surface area contributed by atoms with Gasteiger partial charge in [-0.15, -0.1) is 0 Å². The molecular weight excluding hydrogens is 294 g/mol. The van der Waals surface area contributed by atoms with Gasteiger partial charge in [0.1, 0.15) is 0 Å². The standard InChI is InChI=1S/C16H20F2O4/c1-10(2)6-7-21-11(3)16(20)22-9-15(19)12-4-5-13(17)14(18)8-12/h4-5,8,10-11H,6-7,9H2,1-3H3. The summed E-state index contributed by atoms with van der Waals surface area (Å²) in [6, 6.07) is 2.76. The molecule has 1 aromatic carbocycles. The predicted octanol–water partition coefficient (Wildman–Crippen LogP) is 3.14. The van der Waals surface area contributed by atoms with E-state index in [1.165, 1.54) is 6.92 Å². The fourth-order valence-corrected chi connectivity index (χ4v) is 1.56. The summed E-state index contributed by atoms with van der Waals surface area (Å²) in [6.07, 6.45) is 0.0299. The first-order chi connectivity index (χ1) is 10.3. The zero-order valence-electron chi connectivity index (χ0n) is 12.9. The zero-order chi connectivity index (χ0) is 16.7. The van der Waals surface area contributed by atoms with Gasteiger partial charge in [-0.3, -0.25) is 4.79 Å². The molecule has 0 heterocycles. The first-order valence-electron chi connectivity index (χ1n) is 7.07. The Hall–Kier alpha value is -1.82. The molecule has 4 nitrogen and oxygen atoms in total. The largest absolute Gasteiger partial charge is 0.455 e. The molecule has 1 unspecified atom stereocenters. The number of hydrogen-bond donors (Lipinski definition) is 0. The average Bonchev–Trinajstić information content (AvgIpc) is 2.46. The molecule has 0 aromatic heterocycles. The van der Waals surface area contributed by atoms with E-state index in [-0.39, 0.29) is 5.56 Å². The molecule has 0 aliphatic rings. The maximum atomic E-state index is 13.0. The van der Waals surface area contributed by atoms with Gasteiger partial charge in [0.25, 0.3) is 0 Å². The van der Waals surface area contributed by atoms with E-state index in [2.05, 4.69) is 0 Å². The maximum Gasteiger partial charge on any atom is 0.335 e. The molecule has 0 saturated heterocycles. The molecule has 0 saturated carbocycles. The third-order valence-electron chi connectivity index (χ3n) is 2.98. The van der Waals surface area contributed by atoms with Crippen LogP contribution in [0.3, 0.4) is 0 Å². The minimum atomic E-state index is -1.12. The summed E-state index contributed by atoms with van der Waals surface area (Å²) in [4.78, 5) is 23.4. The van der Waals surface area contributed by atoms with Crippen LogP contribution in [-0.2, 0) is 14.3 Å². The van der Waals surface area contributed by atoms with Gasteiger partial charge in [-0.25, -0.2) is 13.6 Å². The SMILES string of the molecule is CC(C)CCOC(C)C(=O)OCC(=O)c1ccc(F)c(F)c1. The quantitative estimate of drug-likeness (QED) is 0.546. The molecular formula is C16H20F2O4. The molecule has 6 heteroatoms.